The van der Waals surface area contributed by atoms with Crippen LogP contribution < -0.4 is 9.03 Å². The summed E-state index contributed by atoms with van der Waals surface area (Å²) in [7, 11) is -4.19. The number of phenols is 1. The van der Waals surface area contributed by atoms with Crippen LogP contribution in [0.15, 0.2) is 6.07 Å². The number of fused-ring (bicyclic) bond motifs is 1. The summed E-state index contributed by atoms with van der Waals surface area (Å²) >= 11 is 0. The van der Waals surface area contributed by atoms with E-state index in [1.165, 1.54) is 6.07 Å². The minimum Gasteiger partial charge on any atom is -0.506 e. The summed E-state index contributed by atoms with van der Waals surface area (Å²) < 4.78 is 47.3. The van der Waals surface area contributed by atoms with Gasteiger partial charge in [0.1, 0.15) is 18.0 Å². The molecule has 0 unspecified atom stereocenters. The number of hydrogen-bond donors (Lipinski definition) is 2. The van der Waals surface area contributed by atoms with Crippen LogP contribution >= 0.6 is 0 Å². The Hall–Kier alpha value is -1.91. The molecule has 160 valence electrons. The summed E-state index contributed by atoms with van der Waals surface area (Å²) in [6, 6.07) is 1.42. The summed E-state index contributed by atoms with van der Waals surface area (Å²) in [6.45, 7) is 3.08. The molecule has 3 heterocycles. The van der Waals surface area contributed by atoms with Crippen LogP contribution in [0.3, 0.4) is 0 Å². The lowest BCUT2D eigenvalue weighted by atomic mass is 9.94. The van der Waals surface area contributed by atoms with E-state index in [4.69, 9.17) is 4.74 Å². The van der Waals surface area contributed by atoms with Crippen LogP contribution in [0.5, 0.6) is 5.75 Å². The van der Waals surface area contributed by atoms with Gasteiger partial charge in [0.25, 0.3) is 5.91 Å². The van der Waals surface area contributed by atoms with Gasteiger partial charge < -0.3 is 9.84 Å². The van der Waals surface area contributed by atoms with Gasteiger partial charge in [0.05, 0.1) is 0 Å². The molecule has 10 heteroatoms. The van der Waals surface area contributed by atoms with Gasteiger partial charge >= 0.3 is 10.2 Å². The van der Waals surface area contributed by atoms with Gasteiger partial charge in [-0.05, 0) is 56.2 Å². The van der Waals surface area contributed by atoms with Crippen LogP contribution in [0.25, 0.3) is 0 Å². The Kier molecular flexibility index (Phi) is 5.67. The Morgan fingerprint density at radius 2 is 2.03 bits per heavy atom. The number of phenolic OH excluding ortho intramolecular Hbond substituents is 1. The Bertz CT molecular complexity index is 902. The number of anilines is 1. The number of aromatic hydroxyl groups is 1. The number of carbonyl (C=O) groups is 1. The smallest absolute Gasteiger partial charge is 0.326 e. The number of hydrogen-bond acceptors (Lipinski definition) is 6. The highest BCUT2D eigenvalue weighted by atomic mass is 32.2. The molecule has 0 aromatic heterocycles. The highest BCUT2D eigenvalue weighted by Crippen LogP contribution is 2.39. The van der Waals surface area contributed by atoms with E-state index < -0.39 is 39.9 Å². The summed E-state index contributed by atoms with van der Waals surface area (Å²) in [5.74, 6) is -1.30. The van der Waals surface area contributed by atoms with Crippen molar-refractivity contribution >= 4 is 21.8 Å². The Balaban J connectivity index is 1.48. The number of amides is 1. The fourth-order valence-corrected chi connectivity index (χ4v) is 5.57. The van der Waals surface area contributed by atoms with Crippen molar-refractivity contribution in [2.45, 2.75) is 38.6 Å². The van der Waals surface area contributed by atoms with Crippen LogP contribution in [0, 0.1) is 11.7 Å². The fourth-order valence-electron chi connectivity index (χ4n) is 4.40. The van der Waals surface area contributed by atoms with Crippen LogP contribution in [0.4, 0.5) is 10.1 Å². The molecule has 8 nitrogen and oxygen atoms in total. The van der Waals surface area contributed by atoms with Crippen LogP contribution in [-0.4, -0.2) is 57.2 Å². The molecule has 2 fully saturated rings. The quantitative estimate of drug-likeness (QED) is 0.735. The zero-order chi connectivity index (χ0) is 20.6. The molecule has 2 N–H and O–H groups in total. The van der Waals surface area contributed by atoms with Gasteiger partial charge in [-0.15, -0.1) is 0 Å². The molecule has 0 aliphatic carbocycles. The molecule has 2 saturated heterocycles. The molecule has 0 saturated carbocycles. The second kappa shape index (κ2) is 8.08. The van der Waals surface area contributed by atoms with E-state index in [2.05, 4.69) is 4.90 Å². The molecular weight excluding hydrogens is 401 g/mol. The van der Waals surface area contributed by atoms with Crippen molar-refractivity contribution in [3.63, 3.8) is 0 Å². The topological polar surface area (TPSA) is 99.2 Å². The monoisotopic (exact) mass is 427 g/mol. The van der Waals surface area contributed by atoms with Crippen LogP contribution in [-0.2, 0) is 32.7 Å². The molecule has 0 spiro atoms. The van der Waals surface area contributed by atoms with Crippen LogP contribution in [0.1, 0.15) is 36.8 Å². The first-order chi connectivity index (χ1) is 13.8. The molecule has 0 radical (unpaired) electrons. The number of carbonyl (C=O) groups excluding carboxylic acids is 1. The van der Waals surface area contributed by atoms with Crippen molar-refractivity contribution in [2.24, 2.45) is 5.92 Å². The predicted molar refractivity (Wildman–Crippen MR) is 104 cm³/mol. The lowest BCUT2D eigenvalue weighted by Gasteiger charge is -2.31. The van der Waals surface area contributed by atoms with Crippen molar-refractivity contribution < 1.29 is 27.4 Å². The molecule has 0 atom stereocenters. The number of halogens is 1. The predicted octanol–water partition coefficient (Wildman–Crippen LogP) is 1.28. The molecule has 1 amide bonds. The summed E-state index contributed by atoms with van der Waals surface area (Å²) in [5, 5.41) is 10.3. The van der Waals surface area contributed by atoms with Gasteiger partial charge in [-0.1, -0.05) is 0 Å². The zero-order valence-electron chi connectivity index (χ0n) is 16.2. The zero-order valence-corrected chi connectivity index (χ0v) is 17.0. The number of nitrogens with zero attached hydrogens (tertiary/aromatic N) is 2. The molecule has 1 aromatic carbocycles. The second-order valence-electron chi connectivity index (χ2n) is 7.96. The SMILES string of the molecule is O=C1CN(c2c(O)cc3c(c2F)CN(CCCC2CCOCC2)CC3)S(=O)(=O)N1. The molecule has 0 bridgehead atoms. The number of ether oxygens (including phenoxy) is 1. The molecular formula is C19H26FN3O5S. The van der Waals surface area contributed by atoms with Gasteiger partial charge in [-0.25, -0.2) is 13.4 Å². The standard InChI is InChI=1S/C19H26FN3O5S/c20-18-15-11-22(6-1-2-13-4-8-28-9-5-13)7-3-14(15)10-16(24)19(18)23-12-17(25)21-29(23,26)27/h10,13,24H,1-9,11-12H2,(H,21,25). The van der Waals surface area contributed by atoms with Gasteiger partial charge in [0.15, 0.2) is 5.82 Å². The Labute approximate surface area is 169 Å². The highest BCUT2D eigenvalue weighted by molar-refractivity contribution is 7.92. The van der Waals surface area contributed by atoms with E-state index >= 15 is 4.39 Å². The average molecular weight is 427 g/mol. The normalized spacial score (nSPS) is 22.5. The van der Waals surface area contributed by atoms with Crippen molar-refractivity contribution in [1.82, 2.24) is 9.62 Å². The minimum absolute atomic E-state index is 0.359. The first-order valence-corrected chi connectivity index (χ1v) is 11.5. The van der Waals surface area contributed by atoms with Crippen molar-refractivity contribution in [3.05, 3.63) is 23.0 Å². The summed E-state index contributed by atoms with van der Waals surface area (Å²) in [4.78, 5) is 13.7. The number of nitrogens with one attached hydrogen (secondary N) is 1. The van der Waals surface area contributed by atoms with E-state index in [0.717, 1.165) is 52.0 Å². The first-order valence-electron chi connectivity index (χ1n) is 10.0. The molecule has 3 aliphatic heterocycles. The van der Waals surface area contributed by atoms with Crippen LogP contribution in [0.2, 0.25) is 0 Å². The summed E-state index contributed by atoms with van der Waals surface area (Å²) in [6.07, 6.45) is 4.91. The van der Waals surface area contributed by atoms with Gasteiger partial charge in [0.2, 0.25) is 0 Å². The van der Waals surface area contributed by atoms with E-state index in [9.17, 15) is 18.3 Å². The van der Waals surface area contributed by atoms with E-state index in [-0.39, 0.29) is 0 Å². The Morgan fingerprint density at radius 3 is 2.72 bits per heavy atom. The van der Waals surface area contributed by atoms with Gasteiger partial charge in [-0.2, -0.15) is 8.42 Å². The third-order valence-electron chi connectivity index (χ3n) is 5.99. The van der Waals surface area contributed by atoms with Gasteiger partial charge in [-0.3, -0.25) is 9.69 Å². The largest absolute Gasteiger partial charge is 0.506 e. The number of benzene rings is 1. The van der Waals surface area contributed by atoms with E-state index in [1.54, 1.807) is 4.72 Å². The summed E-state index contributed by atoms with van der Waals surface area (Å²) in [5.41, 5.74) is 0.621. The van der Waals surface area contributed by atoms with Gasteiger partial charge in [0, 0.05) is 31.9 Å². The van der Waals surface area contributed by atoms with E-state index in [0.29, 0.717) is 34.3 Å². The maximum atomic E-state index is 15.3. The lowest BCUT2D eigenvalue weighted by Crippen LogP contribution is -2.34. The van der Waals surface area contributed by atoms with Crippen molar-refractivity contribution in [1.29, 1.82) is 0 Å². The maximum Gasteiger partial charge on any atom is 0.326 e. The average Bonchev–Trinajstić information content (AvgIpc) is 2.95. The van der Waals surface area contributed by atoms with E-state index in [1.807, 2.05) is 0 Å². The maximum absolute atomic E-state index is 15.3. The molecule has 29 heavy (non-hydrogen) atoms. The van der Waals surface area contributed by atoms with Crippen molar-refractivity contribution in [2.75, 3.05) is 37.2 Å². The lowest BCUT2D eigenvalue weighted by molar-refractivity contribution is -0.117. The molecule has 4 rings (SSSR count). The first kappa shape index (κ1) is 20.4. The molecule has 3 aliphatic rings. The highest BCUT2D eigenvalue weighted by Gasteiger charge is 2.39. The Morgan fingerprint density at radius 1 is 1.28 bits per heavy atom. The minimum atomic E-state index is -4.19. The fraction of sp³-hybridized carbons (Fsp3) is 0.632. The second-order valence-corrected chi connectivity index (χ2v) is 9.55. The van der Waals surface area contributed by atoms with Crippen molar-refractivity contribution in [3.8, 4) is 5.75 Å². The molecule has 1 aromatic rings. The number of rotatable bonds is 5. The third kappa shape index (κ3) is 4.19. The third-order valence-corrected chi connectivity index (χ3v) is 7.37.